The quantitative estimate of drug-likeness (QED) is 0.257. The lowest BCUT2D eigenvalue weighted by atomic mass is 9.96. The van der Waals surface area contributed by atoms with Crippen molar-refractivity contribution in [1.29, 1.82) is 0 Å². The fourth-order valence-electron chi connectivity index (χ4n) is 1.55. The first-order chi connectivity index (χ1) is 7.61. The Morgan fingerprint density at radius 3 is 2.62 bits per heavy atom. The summed E-state index contributed by atoms with van der Waals surface area (Å²) in [5.41, 5.74) is 0.470. The van der Waals surface area contributed by atoms with Gasteiger partial charge in [0, 0.05) is 5.57 Å². The molecule has 0 N–H and O–H groups in total. The lowest BCUT2D eigenvalue weighted by Crippen LogP contribution is -2.06. The number of esters is 1. The maximum Gasteiger partial charge on any atom is 0.333 e. The molecule has 0 heterocycles. The van der Waals surface area contributed by atoms with Crippen LogP contribution in [0.1, 0.15) is 46.0 Å². The molecule has 92 valence electrons. The summed E-state index contributed by atoms with van der Waals surface area (Å²) in [5.74, 6) is 0.451. The van der Waals surface area contributed by atoms with Crippen LogP contribution in [0.2, 0.25) is 0 Å². The number of ether oxygens (including phenoxy) is 1. The Labute approximate surface area is 99.4 Å². The van der Waals surface area contributed by atoms with Gasteiger partial charge in [0.1, 0.15) is 0 Å². The van der Waals surface area contributed by atoms with Gasteiger partial charge in [-0.05, 0) is 32.1 Å². The first kappa shape index (κ1) is 14.9. The lowest BCUT2D eigenvalue weighted by molar-refractivity contribution is -0.139. The van der Waals surface area contributed by atoms with E-state index in [0.717, 1.165) is 25.2 Å². The molecule has 0 aromatic carbocycles. The topological polar surface area (TPSA) is 26.3 Å². The lowest BCUT2D eigenvalue weighted by Gasteiger charge is -2.11. The molecule has 2 heteroatoms. The minimum atomic E-state index is -0.280. The number of hydrogen-bond acceptors (Lipinski definition) is 2. The van der Waals surface area contributed by atoms with E-state index in [9.17, 15) is 4.79 Å². The highest BCUT2D eigenvalue weighted by Gasteiger charge is 2.05. The van der Waals surface area contributed by atoms with E-state index in [2.05, 4.69) is 20.1 Å². The molecular formula is C14H24O2. The predicted molar refractivity (Wildman–Crippen MR) is 68.2 cm³/mol. The Morgan fingerprint density at radius 2 is 2.12 bits per heavy atom. The van der Waals surface area contributed by atoms with Gasteiger partial charge < -0.3 is 4.74 Å². The van der Waals surface area contributed by atoms with Crippen LogP contribution >= 0.6 is 0 Å². The molecule has 0 radical (unpaired) electrons. The Morgan fingerprint density at radius 1 is 1.44 bits per heavy atom. The summed E-state index contributed by atoms with van der Waals surface area (Å²) in [7, 11) is 0. The molecule has 2 nitrogen and oxygen atoms in total. The average Bonchev–Trinajstić information content (AvgIpc) is 2.26. The molecule has 0 aliphatic rings. The normalized spacial score (nSPS) is 11.9. The molecule has 0 aliphatic heterocycles. The van der Waals surface area contributed by atoms with E-state index in [-0.39, 0.29) is 5.97 Å². The van der Waals surface area contributed by atoms with Crippen molar-refractivity contribution in [2.24, 2.45) is 5.92 Å². The maximum atomic E-state index is 11.1. The molecule has 0 aromatic heterocycles. The molecule has 0 spiro atoms. The van der Waals surface area contributed by atoms with Gasteiger partial charge in [0.2, 0.25) is 0 Å². The molecule has 16 heavy (non-hydrogen) atoms. The molecule has 0 bridgehead atoms. The van der Waals surface area contributed by atoms with Crippen LogP contribution in [-0.4, -0.2) is 12.6 Å². The van der Waals surface area contributed by atoms with Crippen molar-refractivity contribution in [1.82, 2.24) is 0 Å². The van der Waals surface area contributed by atoms with E-state index in [0.29, 0.717) is 12.2 Å². The van der Waals surface area contributed by atoms with Gasteiger partial charge in [-0.25, -0.2) is 4.79 Å². The number of allylic oxidation sites excluding steroid dienone is 1. The third kappa shape index (κ3) is 7.27. The van der Waals surface area contributed by atoms with Gasteiger partial charge in [0.25, 0.3) is 0 Å². The van der Waals surface area contributed by atoms with E-state index in [1.54, 1.807) is 6.92 Å². The van der Waals surface area contributed by atoms with E-state index < -0.39 is 0 Å². The first-order valence-electron chi connectivity index (χ1n) is 6.05. The second-order valence-corrected chi connectivity index (χ2v) is 4.21. The van der Waals surface area contributed by atoms with Gasteiger partial charge in [0.15, 0.2) is 0 Å². The van der Waals surface area contributed by atoms with Gasteiger partial charge in [0.05, 0.1) is 6.61 Å². The summed E-state index contributed by atoms with van der Waals surface area (Å²) in [6, 6.07) is 0. The summed E-state index contributed by atoms with van der Waals surface area (Å²) in [6.45, 7) is 11.7. The summed E-state index contributed by atoms with van der Waals surface area (Å²) in [4.78, 5) is 11.1. The number of unbranched alkanes of at least 4 members (excludes halogenated alkanes) is 1. The fraction of sp³-hybridized carbons (Fsp3) is 0.643. The van der Waals surface area contributed by atoms with Crippen molar-refractivity contribution in [3.8, 4) is 0 Å². The first-order valence-corrected chi connectivity index (χ1v) is 6.05. The summed E-state index contributed by atoms with van der Waals surface area (Å²) >= 11 is 0. The second kappa shape index (κ2) is 9.20. The Balaban J connectivity index is 3.48. The van der Waals surface area contributed by atoms with Crippen molar-refractivity contribution >= 4 is 5.97 Å². The highest BCUT2D eigenvalue weighted by atomic mass is 16.5. The highest BCUT2D eigenvalue weighted by Crippen LogP contribution is 2.16. The molecule has 1 atom stereocenters. The van der Waals surface area contributed by atoms with E-state index in [1.807, 2.05) is 6.08 Å². The monoisotopic (exact) mass is 224 g/mol. The standard InChI is InChI=1S/C14H24O2/c1-5-9-13(6-2)10-7-8-11-16-14(15)12(3)4/h5,13H,1,3,6-11H2,2,4H3. The number of rotatable bonds is 9. The van der Waals surface area contributed by atoms with E-state index in [1.165, 1.54) is 12.8 Å². The Hall–Kier alpha value is -1.05. The Kier molecular flexibility index (Phi) is 8.59. The molecule has 0 aliphatic carbocycles. The van der Waals surface area contributed by atoms with Gasteiger partial charge in [-0.2, -0.15) is 0 Å². The van der Waals surface area contributed by atoms with Gasteiger partial charge in [-0.15, -0.1) is 6.58 Å². The van der Waals surface area contributed by atoms with Crippen LogP contribution in [0.4, 0.5) is 0 Å². The summed E-state index contributed by atoms with van der Waals surface area (Å²) < 4.78 is 5.02. The molecule has 0 saturated carbocycles. The van der Waals surface area contributed by atoms with Gasteiger partial charge in [-0.1, -0.05) is 32.4 Å². The summed E-state index contributed by atoms with van der Waals surface area (Å²) in [5, 5.41) is 0. The van der Waals surface area contributed by atoms with Crippen LogP contribution in [0.25, 0.3) is 0 Å². The average molecular weight is 224 g/mol. The van der Waals surface area contributed by atoms with Crippen LogP contribution in [0.15, 0.2) is 24.8 Å². The van der Waals surface area contributed by atoms with Gasteiger partial charge >= 0.3 is 5.97 Å². The van der Waals surface area contributed by atoms with Crippen LogP contribution in [0.5, 0.6) is 0 Å². The van der Waals surface area contributed by atoms with Crippen LogP contribution in [0, 0.1) is 5.92 Å². The summed E-state index contributed by atoms with van der Waals surface area (Å²) in [6.07, 6.45) is 7.49. The SMILES string of the molecule is C=CCC(CC)CCCCOC(=O)C(=C)C. The highest BCUT2D eigenvalue weighted by molar-refractivity contribution is 5.86. The molecular weight excluding hydrogens is 200 g/mol. The number of carbonyl (C=O) groups is 1. The van der Waals surface area contributed by atoms with E-state index in [4.69, 9.17) is 4.74 Å². The predicted octanol–water partition coefficient (Wildman–Crippen LogP) is 3.88. The van der Waals surface area contributed by atoms with Crippen molar-refractivity contribution in [2.45, 2.75) is 46.0 Å². The molecule has 0 fully saturated rings. The smallest absolute Gasteiger partial charge is 0.333 e. The van der Waals surface area contributed by atoms with Crippen molar-refractivity contribution in [3.63, 3.8) is 0 Å². The van der Waals surface area contributed by atoms with Crippen molar-refractivity contribution in [3.05, 3.63) is 24.8 Å². The minimum Gasteiger partial charge on any atom is -0.462 e. The molecule has 0 rings (SSSR count). The molecule has 0 amide bonds. The third-order valence-corrected chi connectivity index (χ3v) is 2.67. The van der Waals surface area contributed by atoms with E-state index >= 15 is 0 Å². The van der Waals surface area contributed by atoms with Crippen LogP contribution in [-0.2, 0) is 9.53 Å². The minimum absolute atomic E-state index is 0.280. The zero-order valence-corrected chi connectivity index (χ0v) is 10.6. The second-order valence-electron chi connectivity index (χ2n) is 4.21. The van der Waals surface area contributed by atoms with Crippen molar-refractivity contribution in [2.75, 3.05) is 6.61 Å². The third-order valence-electron chi connectivity index (χ3n) is 2.67. The Bertz CT molecular complexity index is 231. The molecule has 1 unspecified atom stereocenters. The zero-order chi connectivity index (χ0) is 12.4. The van der Waals surface area contributed by atoms with Gasteiger partial charge in [-0.3, -0.25) is 0 Å². The maximum absolute atomic E-state index is 11.1. The number of carbonyl (C=O) groups excluding carboxylic acids is 1. The van der Waals surface area contributed by atoms with Crippen LogP contribution < -0.4 is 0 Å². The number of hydrogen-bond donors (Lipinski definition) is 0. The largest absolute Gasteiger partial charge is 0.462 e. The fourth-order valence-corrected chi connectivity index (χ4v) is 1.55. The zero-order valence-electron chi connectivity index (χ0n) is 10.6. The van der Waals surface area contributed by atoms with Crippen molar-refractivity contribution < 1.29 is 9.53 Å². The molecule has 0 saturated heterocycles. The molecule has 0 aromatic rings. The van der Waals surface area contributed by atoms with Crippen LogP contribution in [0.3, 0.4) is 0 Å².